The van der Waals surface area contributed by atoms with Crippen LogP contribution in [0.1, 0.15) is 12.5 Å². The highest BCUT2D eigenvalue weighted by Gasteiger charge is 2.16. The number of sulfonamides is 1. The number of benzene rings is 1. The summed E-state index contributed by atoms with van der Waals surface area (Å²) in [7, 11) is -3.84. The summed E-state index contributed by atoms with van der Waals surface area (Å²) in [5.41, 5.74) is 1.86. The second-order valence-electron chi connectivity index (χ2n) is 3.52. The lowest BCUT2D eigenvalue weighted by Gasteiger charge is -2.02. The molecule has 0 saturated heterocycles. The van der Waals surface area contributed by atoms with Crippen molar-refractivity contribution in [2.75, 3.05) is 0 Å². The predicted octanol–water partition coefficient (Wildman–Crippen LogP) is 0.682. The Balaban J connectivity index is 2.51. The predicted molar refractivity (Wildman–Crippen MR) is 62.6 cm³/mol. The number of aryl methyl sites for hydroxylation is 1. The first-order valence-corrected chi connectivity index (χ1v) is 6.60. The van der Waals surface area contributed by atoms with Crippen LogP contribution in [0, 0.1) is 0 Å². The summed E-state index contributed by atoms with van der Waals surface area (Å²) in [6, 6.07) is 7.55. The zero-order valence-electron chi connectivity index (χ0n) is 9.21. The zero-order valence-corrected chi connectivity index (χ0v) is 10.0. The van der Waals surface area contributed by atoms with Crippen molar-refractivity contribution < 1.29 is 8.42 Å². The highest BCUT2D eigenvalue weighted by Crippen LogP contribution is 2.20. The summed E-state index contributed by atoms with van der Waals surface area (Å²) in [4.78, 5) is 3.88. The Kier molecular flexibility index (Phi) is 2.95. The number of hydrogen-bond donors (Lipinski definition) is 2. The Morgan fingerprint density at radius 1 is 1.35 bits per heavy atom. The smallest absolute Gasteiger partial charge is 0.248 e. The highest BCUT2D eigenvalue weighted by atomic mass is 32.2. The van der Waals surface area contributed by atoms with Gasteiger partial charge in [0.15, 0.2) is 5.82 Å². The lowest BCUT2D eigenvalue weighted by molar-refractivity contribution is 0.589. The van der Waals surface area contributed by atoms with E-state index < -0.39 is 10.0 Å². The topological polar surface area (TPSA) is 102 Å². The Labute approximate surface area is 98.9 Å². The van der Waals surface area contributed by atoms with Crippen LogP contribution in [0.25, 0.3) is 11.4 Å². The first-order chi connectivity index (χ1) is 8.02. The second-order valence-corrected chi connectivity index (χ2v) is 5.00. The third-order valence-electron chi connectivity index (χ3n) is 2.37. The van der Waals surface area contributed by atoms with Gasteiger partial charge in [-0.1, -0.05) is 31.2 Å². The van der Waals surface area contributed by atoms with E-state index in [1.165, 1.54) is 0 Å². The van der Waals surface area contributed by atoms with Gasteiger partial charge in [-0.05, 0) is 12.0 Å². The zero-order chi connectivity index (χ0) is 12.5. The molecule has 17 heavy (non-hydrogen) atoms. The molecule has 0 aliphatic heterocycles. The number of nitrogens with one attached hydrogen (secondary N) is 1. The first kappa shape index (κ1) is 11.7. The summed E-state index contributed by atoms with van der Waals surface area (Å²) >= 11 is 0. The van der Waals surface area contributed by atoms with Gasteiger partial charge in [0.05, 0.1) is 0 Å². The van der Waals surface area contributed by atoms with E-state index >= 15 is 0 Å². The lowest BCUT2D eigenvalue weighted by atomic mass is 10.1. The molecule has 0 aliphatic rings. The number of primary sulfonamides is 1. The molecule has 0 radical (unpaired) electrons. The van der Waals surface area contributed by atoms with E-state index in [9.17, 15) is 8.42 Å². The molecule has 0 unspecified atom stereocenters. The molecule has 90 valence electrons. The molecule has 1 heterocycles. The Morgan fingerprint density at radius 3 is 2.65 bits per heavy atom. The maximum atomic E-state index is 11.1. The Hall–Kier alpha value is -1.73. The van der Waals surface area contributed by atoms with Crippen LogP contribution in [0.5, 0.6) is 0 Å². The van der Waals surface area contributed by atoms with Gasteiger partial charge in [-0.25, -0.2) is 18.7 Å². The minimum Gasteiger partial charge on any atom is -0.248 e. The molecule has 0 spiro atoms. The van der Waals surface area contributed by atoms with E-state index in [-0.39, 0.29) is 5.16 Å². The first-order valence-electron chi connectivity index (χ1n) is 5.06. The fourth-order valence-corrected chi connectivity index (χ4v) is 1.93. The lowest BCUT2D eigenvalue weighted by Crippen LogP contribution is -2.13. The molecule has 0 aliphatic carbocycles. The minimum absolute atomic E-state index is 0.321. The molecule has 0 fully saturated rings. The maximum Gasteiger partial charge on any atom is 0.273 e. The van der Waals surface area contributed by atoms with Crippen LogP contribution in [0.15, 0.2) is 29.4 Å². The number of H-pyrrole nitrogens is 1. The highest BCUT2D eigenvalue weighted by molar-refractivity contribution is 7.89. The van der Waals surface area contributed by atoms with E-state index in [1.807, 2.05) is 31.2 Å². The largest absolute Gasteiger partial charge is 0.273 e. The third-order valence-corrected chi connectivity index (χ3v) is 3.10. The van der Waals surface area contributed by atoms with Crippen molar-refractivity contribution in [3.05, 3.63) is 29.8 Å². The molecule has 2 aromatic rings. The molecule has 6 nitrogen and oxygen atoms in total. The van der Waals surface area contributed by atoms with Crippen molar-refractivity contribution in [1.82, 2.24) is 15.2 Å². The molecule has 0 amide bonds. The SMILES string of the molecule is CCc1ccccc1-c1n[nH]c(S(N)(=O)=O)n1. The molecular weight excluding hydrogens is 240 g/mol. The van der Waals surface area contributed by atoms with Crippen LogP contribution >= 0.6 is 0 Å². The van der Waals surface area contributed by atoms with Gasteiger partial charge in [-0.3, -0.25) is 0 Å². The van der Waals surface area contributed by atoms with Gasteiger partial charge in [0.2, 0.25) is 0 Å². The van der Waals surface area contributed by atoms with E-state index in [0.29, 0.717) is 5.82 Å². The fraction of sp³-hybridized carbons (Fsp3) is 0.200. The number of rotatable bonds is 3. The van der Waals surface area contributed by atoms with Gasteiger partial charge in [0.25, 0.3) is 15.2 Å². The average molecular weight is 252 g/mol. The number of nitrogens with zero attached hydrogens (tertiary/aromatic N) is 2. The van der Waals surface area contributed by atoms with Gasteiger partial charge >= 0.3 is 0 Å². The van der Waals surface area contributed by atoms with Crippen molar-refractivity contribution in [3.63, 3.8) is 0 Å². The number of hydrogen-bond acceptors (Lipinski definition) is 4. The van der Waals surface area contributed by atoms with E-state index in [1.54, 1.807) is 0 Å². The van der Waals surface area contributed by atoms with E-state index in [2.05, 4.69) is 15.2 Å². The molecule has 1 aromatic carbocycles. The third kappa shape index (κ3) is 2.34. The molecule has 3 N–H and O–H groups in total. The van der Waals surface area contributed by atoms with Crippen molar-refractivity contribution in [1.29, 1.82) is 0 Å². The summed E-state index contributed by atoms with van der Waals surface area (Å²) in [5.74, 6) is 0.339. The monoisotopic (exact) mass is 252 g/mol. The quantitative estimate of drug-likeness (QED) is 0.838. The molecule has 7 heteroatoms. The molecule has 0 saturated carbocycles. The van der Waals surface area contributed by atoms with Crippen LogP contribution in [0.3, 0.4) is 0 Å². The van der Waals surface area contributed by atoms with Crippen molar-refractivity contribution >= 4 is 10.0 Å². The minimum atomic E-state index is -3.84. The summed E-state index contributed by atoms with van der Waals surface area (Å²) in [6.45, 7) is 2.01. The number of aromatic amines is 1. The van der Waals surface area contributed by atoms with E-state index in [4.69, 9.17) is 5.14 Å². The number of nitrogens with two attached hydrogens (primary N) is 1. The average Bonchev–Trinajstić information content (AvgIpc) is 2.77. The van der Waals surface area contributed by atoms with Crippen LogP contribution in [0.2, 0.25) is 0 Å². The van der Waals surface area contributed by atoms with Crippen molar-refractivity contribution in [3.8, 4) is 11.4 Å². The normalized spacial score (nSPS) is 11.6. The molecule has 0 bridgehead atoms. The molecule has 1 aromatic heterocycles. The maximum absolute atomic E-state index is 11.1. The van der Waals surface area contributed by atoms with Crippen molar-refractivity contribution in [2.45, 2.75) is 18.5 Å². The van der Waals surface area contributed by atoms with Gasteiger partial charge < -0.3 is 0 Å². The fourth-order valence-electron chi connectivity index (χ4n) is 1.54. The summed E-state index contributed by atoms with van der Waals surface area (Å²) < 4.78 is 22.2. The molecule has 2 rings (SSSR count). The van der Waals surface area contributed by atoms with Crippen LogP contribution < -0.4 is 5.14 Å². The van der Waals surface area contributed by atoms with E-state index in [0.717, 1.165) is 17.5 Å². The van der Waals surface area contributed by atoms with Crippen LogP contribution in [-0.2, 0) is 16.4 Å². The van der Waals surface area contributed by atoms with Crippen molar-refractivity contribution in [2.24, 2.45) is 5.14 Å². The standard InChI is InChI=1S/C10H12N4O2S/c1-2-7-5-3-4-6-8(7)9-12-10(14-13-9)17(11,15)16/h3-6H,2H2,1H3,(H2,11,15,16)(H,12,13,14). The molecule has 0 atom stereocenters. The summed E-state index contributed by atoms with van der Waals surface area (Å²) in [6.07, 6.45) is 0.815. The Bertz CT molecular complexity index is 633. The second kappa shape index (κ2) is 4.27. The number of aromatic nitrogens is 3. The van der Waals surface area contributed by atoms with Gasteiger partial charge in [0, 0.05) is 5.56 Å². The Morgan fingerprint density at radius 2 is 2.06 bits per heavy atom. The van der Waals surface area contributed by atoms with Crippen LogP contribution in [-0.4, -0.2) is 23.6 Å². The van der Waals surface area contributed by atoms with Gasteiger partial charge in [0.1, 0.15) is 0 Å². The van der Waals surface area contributed by atoms with Crippen LogP contribution in [0.4, 0.5) is 0 Å². The van der Waals surface area contributed by atoms with Gasteiger partial charge in [-0.2, -0.15) is 10.1 Å². The van der Waals surface area contributed by atoms with Gasteiger partial charge in [-0.15, -0.1) is 0 Å². The summed E-state index contributed by atoms with van der Waals surface area (Å²) in [5, 5.41) is 10.8. The molecular formula is C10H12N4O2S.